The molecule has 1 aliphatic heterocycles. The number of aryl methyl sites for hydroxylation is 1. The first-order chi connectivity index (χ1) is 7.63. The molecule has 2 rings (SSSR count). The number of amides is 1. The van der Waals surface area contributed by atoms with E-state index in [-0.39, 0.29) is 18.1 Å². The van der Waals surface area contributed by atoms with Gasteiger partial charge in [-0.3, -0.25) is 10.1 Å². The van der Waals surface area contributed by atoms with Gasteiger partial charge >= 0.3 is 0 Å². The maximum Gasteiger partial charge on any atom is 0.241 e. The summed E-state index contributed by atoms with van der Waals surface area (Å²) in [7, 11) is 0. The molecule has 1 N–H and O–H groups in total. The van der Waals surface area contributed by atoms with Crippen molar-refractivity contribution in [1.29, 1.82) is 0 Å². The van der Waals surface area contributed by atoms with Gasteiger partial charge in [-0.25, -0.2) is 0 Å². The lowest BCUT2D eigenvalue weighted by atomic mass is 10.2. The van der Waals surface area contributed by atoms with Gasteiger partial charge in [-0.2, -0.15) is 11.3 Å². The second kappa shape index (κ2) is 4.55. The van der Waals surface area contributed by atoms with Crippen LogP contribution in [0.3, 0.4) is 0 Å². The van der Waals surface area contributed by atoms with Gasteiger partial charge in [-0.15, -0.1) is 0 Å². The van der Waals surface area contributed by atoms with Crippen LogP contribution in [0, 0.1) is 6.92 Å². The molecule has 1 fully saturated rings. The second-order valence-corrected chi connectivity index (χ2v) is 5.09. The highest BCUT2D eigenvalue weighted by Gasteiger charge is 2.35. The van der Waals surface area contributed by atoms with Crippen molar-refractivity contribution in [2.75, 3.05) is 0 Å². The summed E-state index contributed by atoms with van der Waals surface area (Å²) < 4.78 is 0. The van der Waals surface area contributed by atoms with E-state index in [1.54, 1.807) is 11.3 Å². The minimum Gasteiger partial charge on any atom is -0.322 e. The van der Waals surface area contributed by atoms with Crippen molar-refractivity contribution in [1.82, 2.24) is 10.2 Å². The van der Waals surface area contributed by atoms with Gasteiger partial charge in [0.2, 0.25) is 5.91 Å². The van der Waals surface area contributed by atoms with E-state index in [4.69, 9.17) is 0 Å². The average Bonchev–Trinajstić information content (AvgIpc) is 2.77. The van der Waals surface area contributed by atoms with E-state index in [1.165, 1.54) is 11.1 Å². The number of hydrogen-bond donors (Lipinski definition) is 1. The van der Waals surface area contributed by atoms with Crippen molar-refractivity contribution in [2.24, 2.45) is 0 Å². The lowest BCUT2D eigenvalue weighted by molar-refractivity contribution is -0.130. The normalized spacial score (nSPS) is 25.4. The average molecular weight is 238 g/mol. The fourth-order valence-electron chi connectivity index (χ4n) is 2.08. The number of rotatable bonds is 3. The van der Waals surface area contributed by atoms with Gasteiger partial charge in [0.05, 0.1) is 12.2 Å². The van der Waals surface area contributed by atoms with Crippen LogP contribution in [-0.2, 0) is 11.3 Å². The molecule has 0 radical (unpaired) electrons. The van der Waals surface area contributed by atoms with Crippen LogP contribution in [0.15, 0.2) is 10.8 Å². The van der Waals surface area contributed by atoms with Crippen molar-refractivity contribution in [3.8, 4) is 0 Å². The highest BCUT2D eigenvalue weighted by atomic mass is 32.1. The Labute approximate surface area is 100 Å². The summed E-state index contributed by atoms with van der Waals surface area (Å²) in [4.78, 5) is 14.0. The Morgan fingerprint density at radius 3 is 2.75 bits per heavy atom. The Kier molecular flexibility index (Phi) is 3.30. The van der Waals surface area contributed by atoms with Crippen molar-refractivity contribution < 1.29 is 4.79 Å². The predicted octanol–water partition coefficient (Wildman–Crippen LogP) is 2.11. The quantitative estimate of drug-likeness (QED) is 0.874. The molecule has 0 spiro atoms. The molecule has 0 aromatic carbocycles. The molecule has 3 nitrogen and oxygen atoms in total. The van der Waals surface area contributed by atoms with E-state index in [9.17, 15) is 4.79 Å². The summed E-state index contributed by atoms with van der Waals surface area (Å²) in [5, 5.41) is 7.58. The maximum absolute atomic E-state index is 12.1. The summed E-state index contributed by atoms with van der Waals surface area (Å²) in [5.74, 6) is 0.237. The molecule has 88 valence electrons. The molecule has 1 saturated heterocycles. The van der Waals surface area contributed by atoms with E-state index in [1.807, 2.05) is 11.8 Å². The molecule has 0 saturated carbocycles. The first-order valence-corrected chi connectivity index (χ1v) is 6.66. The lowest BCUT2D eigenvalue weighted by Gasteiger charge is -2.20. The molecule has 16 heavy (non-hydrogen) atoms. The maximum atomic E-state index is 12.1. The van der Waals surface area contributed by atoms with Crippen LogP contribution < -0.4 is 5.32 Å². The molecule has 2 unspecified atom stereocenters. The van der Waals surface area contributed by atoms with Gasteiger partial charge < -0.3 is 4.90 Å². The Balaban J connectivity index is 2.11. The van der Waals surface area contributed by atoms with E-state index < -0.39 is 0 Å². The van der Waals surface area contributed by atoms with Crippen molar-refractivity contribution in [2.45, 2.75) is 45.9 Å². The number of nitrogens with zero attached hydrogens (tertiary/aromatic N) is 1. The number of carbonyl (C=O) groups is 1. The molecular weight excluding hydrogens is 220 g/mol. The van der Waals surface area contributed by atoms with Gasteiger partial charge in [0.25, 0.3) is 0 Å². The van der Waals surface area contributed by atoms with Crippen LogP contribution in [0.25, 0.3) is 0 Å². The van der Waals surface area contributed by atoms with Gasteiger partial charge in [0, 0.05) is 6.54 Å². The van der Waals surface area contributed by atoms with Crippen LogP contribution in [0.4, 0.5) is 0 Å². The molecule has 1 amide bonds. The third-order valence-electron chi connectivity index (χ3n) is 3.20. The van der Waals surface area contributed by atoms with Crippen molar-refractivity contribution >= 4 is 17.2 Å². The summed E-state index contributed by atoms with van der Waals surface area (Å²) in [6.45, 7) is 6.93. The summed E-state index contributed by atoms with van der Waals surface area (Å²) in [6, 6.07) is 0.00828. The van der Waals surface area contributed by atoms with Crippen LogP contribution >= 0.6 is 11.3 Å². The number of hydrogen-bond acceptors (Lipinski definition) is 3. The first-order valence-electron chi connectivity index (χ1n) is 5.71. The van der Waals surface area contributed by atoms with Crippen LogP contribution in [-0.4, -0.2) is 23.0 Å². The lowest BCUT2D eigenvalue weighted by Crippen LogP contribution is -2.34. The molecule has 0 aliphatic carbocycles. The zero-order valence-electron chi connectivity index (χ0n) is 9.99. The zero-order valence-corrected chi connectivity index (χ0v) is 10.8. The standard InChI is InChI=1S/C12H18N2OS/c1-4-11-12(15)14(9(3)13-11)5-10-7-16-6-8(10)2/h6-7,9,11,13H,4-5H2,1-3H3. The van der Waals surface area contributed by atoms with E-state index in [0.717, 1.165) is 13.0 Å². The minimum atomic E-state index is 0.00828. The molecule has 2 atom stereocenters. The summed E-state index contributed by atoms with van der Waals surface area (Å²) in [6.07, 6.45) is 1.01. The number of nitrogens with one attached hydrogen (secondary N) is 1. The van der Waals surface area contributed by atoms with E-state index in [0.29, 0.717) is 0 Å². The SMILES string of the molecule is CCC1NC(C)N(Cc2cscc2C)C1=O. The van der Waals surface area contributed by atoms with E-state index >= 15 is 0 Å². The molecule has 1 aliphatic rings. The van der Waals surface area contributed by atoms with Gasteiger partial charge in [0.15, 0.2) is 0 Å². The molecule has 2 heterocycles. The van der Waals surface area contributed by atoms with Gasteiger partial charge in [-0.1, -0.05) is 6.92 Å². The molecule has 4 heteroatoms. The molecule has 0 bridgehead atoms. The second-order valence-electron chi connectivity index (χ2n) is 4.35. The first kappa shape index (κ1) is 11.6. The van der Waals surface area contributed by atoms with E-state index in [2.05, 4.69) is 29.9 Å². The zero-order chi connectivity index (χ0) is 11.7. The predicted molar refractivity (Wildman–Crippen MR) is 66.3 cm³/mol. The fraction of sp³-hybridized carbons (Fsp3) is 0.583. The smallest absolute Gasteiger partial charge is 0.241 e. The van der Waals surface area contributed by atoms with Crippen LogP contribution in [0.1, 0.15) is 31.4 Å². The number of carbonyl (C=O) groups excluding carboxylic acids is 1. The molecular formula is C12H18N2OS. The summed E-state index contributed by atoms with van der Waals surface area (Å²) in [5.41, 5.74) is 2.55. The third kappa shape index (κ3) is 1.99. The van der Waals surface area contributed by atoms with Gasteiger partial charge in [0.1, 0.15) is 0 Å². The van der Waals surface area contributed by atoms with Crippen molar-refractivity contribution in [3.63, 3.8) is 0 Å². The third-order valence-corrected chi connectivity index (χ3v) is 4.11. The summed E-state index contributed by atoms with van der Waals surface area (Å²) >= 11 is 1.70. The molecule has 1 aromatic rings. The fourth-order valence-corrected chi connectivity index (χ4v) is 2.93. The van der Waals surface area contributed by atoms with Crippen LogP contribution in [0.5, 0.6) is 0 Å². The minimum absolute atomic E-state index is 0.00828. The van der Waals surface area contributed by atoms with Crippen molar-refractivity contribution in [3.05, 3.63) is 21.9 Å². The Bertz CT molecular complexity index is 388. The van der Waals surface area contributed by atoms with Gasteiger partial charge in [-0.05, 0) is 42.2 Å². The largest absolute Gasteiger partial charge is 0.322 e. The Morgan fingerprint density at radius 2 is 2.25 bits per heavy atom. The monoisotopic (exact) mass is 238 g/mol. The highest BCUT2D eigenvalue weighted by Crippen LogP contribution is 2.20. The number of thiophene rings is 1. The topological polar surface area (TPSA) is 32.3 Å². The molecule has 1 aromatic heterocycles. The van der Waals surface area contributed by atoms with Crippen LogP contribution in [0.2, 0.25) is 0 Å². The Hall–Kier alpha value is -0.870. The highest BCUT2D eigenvalue weighted by molar-refractivity contribution is 7.08. The Morgan fingerprint density at radius 1 is 1.50 bits per heavy atom.